The fourth-order valence-corrected chi connectivity index (χ4v) is 4.91. The third kappa shape index (κ3) is 4.57. The molecule has 1 saturated carbocycles. The van der Waals surface area contributed by atoms with Crippen LogP contribution in [0.5, 0.6) is 5.75 Å². The molecule has 1 fully saturated rings. The first-order chi connectivity index (χ1) is 13.4. The van der Waals surface area contributed by atoms with Crippen LogP contribution < -0.4 is 4.74 Å². The van der Waals surface area contributed by atoms with Gasteiger partial charge < -0.3 is 4.74 Å². The minimum Gasteiger partial charge on any atom is -0.492 e. The van der Waals surface area contributed by atoms with Crippen LogP contribution in [0, 0.1) is 0 Å². The molecule has 0 N–H and O–H groups in total. The molecule has 0 amide bonds. The highest BCUT2D eigenvalue weighted by Crippen LogP contribution is 2.32. The molecule has 4 rings (SSSR count). The standard InChI is InChI=1S/C22H28N2O3S/c1-17-16-27-22-11-8-19(14-24(21-9-10-21)28(2,25)26)12-20(22)15-23(17)13-18-6-4-3-5-7-18/h3-8,11-12,17,21H,9-10,13-16H2,1-2H3/t17-/m0/s1. The Morgan fingerprint density at radius 3 is 2.54 bits per heavy atom. The Morgan fingerprint density at radius 2 is 1.86 bits per heavy atom. The first-order valence-corrected chi connectivity index (χ1v) is 11.7. The van der Waals surface area contributed by atoms with E-state index in [2.05, 4.69) is 42.2 Å². The summed E-state index contributed by atoms with van der Waals surface area (Å²) >= 11 is 0. The van der Waals surface area contributed by atoms with Gasteiger partial charge in [0.05, 0.1) is 6.26 Å². The van der Waals surface area contributed by atoms with Crippen LogP contribution >= 0.6 is 0 Å². The zero-order valence-electron chi connectivity index (χ0n) is 16.5. The average Bonchev–Trinajstić information content (AvgIpc) is 3.49. The zero-order valence-corrected chi connectivity index (χ0v) is 17.4. The molecule has 0 radical (unpaired) electrons. The van der Waals surface area contributed by atoms with E-state index in [1.807, 2.05) is 18.2 Å². The normalized spacial score (nSPS) is 20.5. The van der Waals surface area contributed by atoms with E-state index in [4.69, 9.17) is 4.74 Å². The van der Waals surface area contributed by atoms with Crippen molar-refractivity contribution in [1.29, 1.82) is 0 Å². The van der Waals surface area contributed by atoms with Crippen molar-refractivity contribution in [3.63, 3.8) is 0 Å². The van der Waals surface area contributed by atoms with Crippen molar-refractivity contribution in [2.45, 2.75) is 51.5 Å². The van der Waals surface area contributed by atoms with Crippen molar-refractivity contribution < 1.29 is 13.2 Å². The van der Waals surface area contributed by atoms with Gasteiger partial charge in [-0.15, -0.1) is 0 Å². The molecule has 1 aliphatic carbocycles. The van der Waals surface area contributed by atoms with Gasteiger partial charge in [-0.25, -0.2) is 8.42 Å². The van der Waals surface area contributed by atoms with E-state index in [9.17, 15) is 8.42 Å². The van der Waals surface area contributed by atoms with Crippen LogP contribution in [-0.4, -0.2) is 42.6 Å². The van der Waals surface area contributed by atoms with E-state index >= 15 is 0 Å². The number of hydrogen-bond donors (Lipinski definition) is 0. The van der Waals surface area contributed by atoms with Gasteiger partial charge in [-0.3, -0.25) is 4.90 Å². The summed E-state index contributed by atoms with van der Waals surface area (Å²) in [5, 5.41) is 0. The Kier molecular flexibility index (Phi) is 5.45. The predicted octanol–water partition coefficient (Wildman–Crippen LogP) is 3.39. The number of sulfonamides is 1. The summed E-state index contributed by atoms with van der Waals surface area (Å²) in [6.45, 7) is 4.93. The average molecular weight is 401 g/mol. The van der Waals surface area contributed by atoms with Gasteiger partial charge in [0.1, 0.15) is 12.4 Å². The van der Waals surface area contributed by atoms with Gasteiger partial charge in [-0.1, -0.05) is 36.4 Å². The van der Waals surface area contributed by atoms with Gasteiger partial charge in [0.2, 0.25) is 10.0 Å². The highest BCUT2D eigenvalue weighted by molar-refractivity contribution is 7.88. The number of benzene rings is 2. The second-order valence-electron chi connectivity index (χ2n) is 8.03. The predicted molar refractivity (Wildman–Crippen MR) is 110 cm³/mol. The molecule has 2 aromatic carbocycles. The summed E-state index contributed by atoms with van der Waals surface area (Å²) < 4.78 is 32.0. The molecule has 0 bridgehead atoms. The fraction of sp³-hybridized carbons (Fsp3) is 0.455. The number of fused-ring (bicyclic) bond motifs is 1. The van der Waals surface area contributed by atoms with Crippen LogP contribution in [0.2, 0.25) is 0 Å². The maximum atomic E-state index is 12.2. The van der Waals surface area contributed by atoms with Gasteiger partial charge in [0.15, 0.2) is 0 Å². The van der Waals surface area contributed by atoms with E-state index in [1.54, 1.807) is 4.31 Å². The quantitative estimate of drug-likeness (QED) is 0.746. The Labute approximate surface area is 168 Å². The van der Waals surface area contributed by atoms with E-state index in [1.165, 1.54) is 11.8 Å². The molecule has 5 nitrogen and oxygen atoms in total. The molecule has 0 spiro atoms. The van der Waals surface area contributed by atoms with Crippen LogP contribution in [0.25, 0.3) is 0 Å². The number of ether oxygens (including phenoxy) is 1. The van der Waals surface area contributed by atoms with Crippen LogP contribution in [0.4, 0.5) is 0 Å². The summed E-state index contributed by atoms with van der Waals surface area (Å²) in [6.07, 6.45) is 3.23. The molecule has 0 aromatic heterocycles. The van der Waals surface area contributed by atoms with Crippen molar-refractivity contribution >= 4 is 10.0 Å². The monoisotopic (exact) mass is 400 g/mol. The summed E-state index contributed by atoms with van der Waals surface area (Å²) in [7, 11) is -3.20. The van der Waals surface area contributed by atoms with Crippen molar-refractivity contribution in [1.82, 2.24) is 9.21 Å². The molecule has 150 valence electrons. The highest BCUT2D eigenvalue weighted by atomic mass is 32.2. The van der Waals surface area contributed by atoms with Crippen LogP contribution in [0.15, 0.2) is 48.5 Å². The largest absolute Gasteiger partial charge is 0.492 e. The van der Waals surface area contributed by atoms with E-state index < -0.39 is 10.0 Å². The lowest BCUT2D eigenvalue weighted by Crippen LogP contribution is -2.34. The summed E-state index contributed by atoms with van der Waals surface area (Å²) in [4.78, 5) is 2.42. The number of hydrogen-bond acceptors (Lipinski definition) is 4. The Morgan fingerprint density at radius 1 is 1.11 bits per heavy atom. The molecule has 2 aliphatic rings. The van der Waals surface area contributed by atoms with E-state index in [-0.39, 0.29) is 6.04 Å². The Hall–Kier alpha value is -1.89. The maximum absolute atomic E-state index is 12.2. The lowest BCUT2D eigenvalue weighted by atomic mass is 10.1. The topological polar surface area (TPSA) is 49.9 Å². The number of rotatable bonds is 6. The molecular weight excluding hydrogens is 372 g/mol. The third-order valence-corrected chi connectivity index (χ3v) is 6.83. The second kappa shape index (κ2) is 7.85. The molecule has 28 heavy (non-hydrogen) atoms. The van der Waals surface area contributed by atoms with Gasteiger partial charge in [-0.05, 0) is 43.0 Å². The molecule has 2 aromatic rings. The molecule has 0 unspecified atom stereocenters. The van der Waals surface area contributed by atoms with E-state index in [0.29, 0.717) is 19.2 Å². The number of nitrogens with zero attached hydrogens (tertiary/aromatic N) is 2. The molecule has 6 heteroatoms. The smallest absolute Gasteiger partial charge is 0.211 e. The van der Waals surface area contributed by atoms with Crippen molar-refractivity contribution in [2.75, 3.05) is 12.9 Å². The van der Waals surface area contributed by atoms with Gasteiger partial charge in [0.25, 0.3) is 0 Å². The SMILES string of the molecule is C[C@H]1COc2ccc(CN(C3CC3)S(C)(=O)=O)cc2CN1Cc1ccccc1. The highest BCUT2D eigenvalue weighted by Gasteiger charge is 2.35. The molecule has 1 heterocycles. The Bertz CT molecular complexity index is 926. The maximum Gasteiger partial charge on any atom is 0.211 e. The van der Waals surface area contributed by atoms with Crippen molar-refractivity contribution in [3.8, 4) is 5.75 Å². The van der Waals surface area contributed by atoms with Gasteiger partial charge in [-0.2, -0.15) is 4.31 Å². The molecule has 1 aliphatic heterocycles. The van der Waals surface area contributed by atoms with E-state index in [0.717, 1.165) is 42.8 Å². The molecule has 0 saturated heterocycles. The summed E-state index contributed by atoms with van der Waals surface area (Å²) in [5.74, 6) is 0.906. The Balaban J connectivity index is 1.55. The minimum atomic E-state index is -3.20. The van der Waals surface area contributed by atoms with Gasteiger partial charge in [0, 0.05) is 37.3 Å². The minimum absolute atomic E-state index is 0.166. The summed E-state index contributed by atoms with van der Waals surface area (Å²) in [6, 6.07) is 17.0. The molecular formula is C22H28N2O3S. The zero-order chi connectivity index (χ0) is 19.7. The van der Waals surface area contributed by atoms with Gasteiger partial charge >= 0.3 is 0 Å². The molecule has 1 atom stereocenters. The van der Waals surface area contributed by atoms with Crippen LogP contribution in [-0.2, 0) is 29.7 Å². The first-order valence-electron chi connectivity index (χ1n) is 9.89. The lowest BCUT2D eigenvalue weighted by Gasteiger charge is -2.26. The van der Waals surface area contributed by atoms with Crippen molar-refractivity contribution in [2.24, 2.45) is 0 Å². The fourth-order valence-electron chi connectivity index (χ4n) is 3.78. The third-order valence-electron chi connectivity index (χ3n) is 5.55. The lowest BCUT2D eigenvalue weighted by molar-refractivity contribution is 0.151. The first kappa shape index (κ1) is 19.4. The van der Waals surface area contributed by atoms with Crippen LogP contribution in [0.3, 0.4) is 0 Å². The van der Waals surface area contributed by atoms with Crippen LogP contribution in [0.1, 0.15) is 36.5 Å². The summed E-state index contributed by atoms with van der Waals surface area (Å²) in [5.41, 5.74) is 3.43. The van der Waals surface area contributed by atoms with Crippen molar-refractivity contribution in [3.05, 3.63) is 65.2 Å². The second-order valence-corrected chi connectivity index (χ2v) is 9.97.